The second-order valence-electron chi connectivity index (χ2n) is 4.27. The predicted molar refractivity (Wildman–Crippen MR) is 56.2 cm³/mol. The maximum absolute atomic E-state index is 9.43. The molecule has 2 N–H and O–H groups in total. The number of rotatable bonds is 1. The summed E-state index contributed by atoms with van der Waals surface area (Å²) in [4.78, 5) is 0. The van der Waals surface area contributed by atoms with Crippen molar-refractivity contribution >= 4 is 6.21 Å². The highest BCUT2D eigenvalue weighted by Gasteiger charge is 2.14. The van der Waals surface area contributed by atoms with Crippen molar-refractivity contribution in [2.45, 2.75) is 26.2 Å². The second kappa shape index (κ2) is 3.70. The molecule has 1 aromatic rings. The van der Waals surface area contributed by atoms with Crippen LogP contribution in [-0.2, 0) is 5.41 Å². The van der Waals surface area contributed by atoms with Crippen molar-refractivity contribution in [3.8, 4) is 5.75 Å². The van der Waals surface area contributed by atoms with Gasteiger partial charge in [-0.15, -0.1) is 0 Å². The average molecular weight is 193 g/mol. The van der Waals surface area contributed by atoms with Crippen molar-refractivity contribution in [3.63, 3.8) is 0 Å². The fraction of sp³-hybridized carbons (Fsp3) is 0.364. The first-order valence-electron chi connectivity index (χ1n) is 4.46. The quantitative estimate of drug-likeness (QED) is 0.409. The minimum absolute atomic E-state index is 0.0196. The van der Waals surface area contributed by atoms with E-state index in [4.69, 9.17) is 5.21 Å². The smallest absolute Gasteiger partial charge is 0.124 e. The lowest BCUT2D eigenvalue weighted by molar-refractivity contribution is 0.321. The van der Waals surface area contributed by atoms with Crippen LogP contribution in [0.1, 0.15) is 31.9 Å². The summed E-state index contributed by atoms with van der Waals surface area (Å²) in [5.74, 6) is 0.121. The SMILES string of the molecule is CC(C)(C)c1ccc(O)c(/C=N\O)c1. The Bertz CT molecular complexity index is 351. The molecule has 0 atom stereocenters. The highest BCUT2D eigenvalue weighted by Crippen LogP contribution is 2.26. The molecule has 0 aliphatic heterocycles. The largest absolute Gasteiger partial charge is 0.507 e. The molecule has 76 valence electrons. The van der Waals surface area contributed by atoms with Gasteiger partial charge in [0.25, 0.3) is 0 Å². The van der Waals surface area contributed by atoms with Crippen molar-refractivity contribution in [1.29, 1.82) is 0 Å². The molecule has 0 saturated heterocycles. The van der Waals surface area contributed by atoms with E-state index >= 15 is 0 Å². The van der Waals surface area contributed by atoms with E-state index in [0.717, 1.165) is 5.56 Å². The van der Waals surface area contributed by atoms with Gasteiger partial charge in [-0.05, 0) is 23.1 Å². The number of phenols is 1. The molecule has 0 spiro atoms. The van der Waals surface area contributed by atoms with Gasteiger partial charge in [-0.25, -0.2) is 0 Å². The topological polar surface area (TPSA) is 52.8 Å². The molecule has 0 amide bonds. The van der Waals surface area contributed by atoms with Crippen LogP contribution in [0.2, 0.25) is 0 Å². The highest BCUT2D eigenvalue weighted by molar-refractivity contribution is 5.83. The Morgan fingerprint density at radius 1 is 1.29 bits per heavy atom. The lowest BCUT2D eigenvalue weighted by Crippen LogP contribution is -2.11. The zero-order valence-electron chi connectivity index (χ0n) is 8.65. The Morgan fingerprint density at radius 2 is 1.93 bits per heavy atom. The normalized spacial score (nSPS) is 12.2. The van der Waals surface area contributed by atoms with Gasteiger partial charge in [-0.3, -0.25) is 0 Å². The molecule has 3 nitrogen and oxygen atoms in total. The lowest BCUT2D eigenvalue weighted by atomic mass is 9.86. The number of oxime groups is 1. The highest BCUT2D eigenvalue weighted by atomic mass is 16.4. The first kappa shape index (κ1) is 10.6. The molecule has 0 heterocycles. The van der Waals surface area contributed by atoms with Crippen molar-refractivity contribution in [3.05, 3.63) is 29.3 Å². The predicted octanol–water partition coefficient (Wildman–Crippen LogP) is 2.50. The minimum Gasteiger partial charge on any atom is -0.507 e. The summed E-state index contributed by atoms with van der Waals surface area (Å²) in [6.07, 6.45) is 1.23. The van der Waals surface area contributed by atoms with Crippen molar-refractivity contribution < 1.29 is 10.3 Å². The van der Waals surface area contributed by atoms with E-state index in [1.54, 1.807) is 6.07 Å². The summed E-state index contributed by atoms with van der Waals surface area (Å²) >= 11 is 0. The Kier molecular flexibility index (Phi) is 2.79. The van der Waals surface area contributed by atoms with Crippen molar-refractivity contribution in [1.82, 2.24) is 0 Å². The van der Waals surface area contributed by atoms with Gasteiger partial charge in [0.2, 0.25) is 0 Å². The van der Waals surface area contributed by atoms with Gasteiger partial charge < -0.3 is 10.3 Å². The van der Waals surface area contributed by atoms with E-state index in [1.165, 1.54) is 6.21 Å². The Labute approximate surface area is 83.7 Å². The number of hydrogen-bond acceptors (Lipinski definition) is 3. The molecule has 3 heteroatoms. The van der Waals surface area contributed by atoms with Crippen molar-refractivity contribution in [2.75, 3.05) is 0 Å². The van der Waals surface area contributed by atoms with Crippen LogP contribution in [0.15, 0.2) is 23.4 Å². The minimum atomic E-state index is 0.0196. The molecule has 1 aromatic carbocycles. The van der Waals surface area contributed by atoms with E-state index < -0.39 is 0 Å². The van der Waals surface area contributed by atoms with Gasteiger partial charge in [0.1, 0.15) is 5.75 Å². The van der Waals surface area contributed by atoms with E-state index in [0.29, 0.717) is 5.56 Å². The van der Waals surface area contributed by atoms with Crippen LogP contribution >= 0.6 is 0 Å². The van der Waals surface area contributed by atoms with Gasteiger partial charge in [0, 0.05) is 5.56 Å². The number of phenolic OH excluding ortho intramolecular Hbond substituents is 1. The monoisotopic (exact) mass is 193 g/mol. The molecule has 0 unspecified atom stereocenters. The molecule has 0 fully saturated rings. The Balaban J connectivity index is 3.19. The molecule has 14 heavy (non-hydrogen) atoms. The Hall–Kier alpha value is -1.51. The van der Waals surface area contributed by atoms with Gasteiger partial charge in [0.15, 0.2) is 0 Å². The summed E-state index contributed by atoms with van der Waals surface area (Å²) in [5.41, 5.74) is 1.64. The van der Waals surface area contributed by atoms with E-state index in [2.05, 4.69) is 25.9 Å². The first-order valence-corrected chi connectivity index (χ1v) is 4.46. The maximum Gasteiger partial charge on any atom is 0.124 e. The van der Waals surface area contributed by atoms with Crippen LogP contribution in [0.5, 0.6) is 5.75 Å². The van der Waals surface area contributed by atoms with E-state index in [-0.39, 0.29) is 11.2 Å². The van der Waals surface area contributed by atoms with Crippen LogP contribution < -0.4 is 0 Å². The summed E-state index contributed by atoms with van der Waals surface area (Å²) in [6, 6.07) is 5.29. The molecule has 1 rings (SSSR count). The summed E-state index contributed by atoms with van der Waals surface area (Å²) < 4.78 is 0. The van der Waals surface area contributed by atoms with Crippen LogP contribution in [0.4, 0.5) is 0 Å². The zero-order chi connectivity index (χ0) is 10.8. The van der Waals surface area contributed by atoms with Gasteiger partial charge >= 0.3 is 0 Å². The summed E-state index contributed by atoms with van der Waals surface area (Å²) in [5, 5.41) is 20.7. The standard InChI is InChI=1S/C11H15NO2/c1-11(2,3)9-4-5-10(13)8(6-9)7-12-14/h4-7,13-14H,1-3H3/b12-7-. The average Bonchev–Trinajstić information content (AvgIpc) is 2.07. The molecule has 0 bridgehead atoms. The number of hydrogen-bond donors (Lipinski definition) is 2. The molecule has 0 aromatic heterocycles. The van der Waals surface area contributed by atoms with Gasteiger partial charge in [-0.1, -0.05) is 32.0 Å². The number of benzene rings is 1. The van der Waals surface area contributed by atoms with Crippen LogP contribution in [0.25, 0.3) is 0 Å². The molecule has 0 aliphatic rings. The molecular formula is C11H15NO2. The second-order valence-corrected chi connectivity index (χ2v) is 4.27. The maximum atomic E-state index is 9.43. The van der Waals surface area contributed by atoms with Gasteiger partial charge in [0.05, 0.1) is 6.21 Å². The molecular weight excluding hydrogens is 178 g/mol. The first-order chi connectivity index (χ1) is 6.45. The number of aromatic hydroxyl groups is 1. The Morgan fingerprint density at radius 3 is 2.43 bits per heavy atom. The zero-order valence-corrected chi connectivity index (χ0v) is 8.65. The third-order valence-corrected chi connectivity index (χ3v) is 2.09. The molecule has 0 aliphatic carbocycles. The van der Waals surface area contributed by atoms with E-state index in [1.807, 2.05) is 12.1 Å². The summed E-state index contributed by atoms with van der Waals surface area (Å²) in [7, 11) is 0. The molecule has 0 saturated carbocycles. The fourth-order valence-corrected chi connectivity index (χ4v) is 1.19. The number of nitrogens with zero attached hydrogens (tertiary/aromatic N) is 1. The van der Waals surface area contributed by atoms with E-state index in [9.17, 15) is 5.11 Å². The van der Waals surface area contributed by atoms with Crippen LogP contribution in [0.3, 0.4) is 0 Å². The lowest BCUT2D eigenvalue weighted by Gasteiger charge is -2.19. The fourth-order valence-electron chi connectivity index (χ4n) is 1.19. The third-order valence-electron chi connectivity index (χ3n) is 2.09. The van der Waals surface area contributed by atoms with Crippen LogP contribution in [-0.4, -0.2) is 16.5 Å². The van der Waals surface area contributed by atoms with Gasteiger partial charge in [-0.2, -0.15) is 0 Å². The third kappa shape index (κ3) is 2.25. The van der Waals surface area contributed by atoms with Crippen molar-refractivity contribution in [2.24, 2.45) is 5.16 Å². The van der Waals surface area contributed by atoms with Crippen LogP contribution in [0, 0.1) is 0 Å². The molecule has 0 radical (unpaired) electrons. The summed E-state index contributed by atoms with van der Waals surface area (Å²) in [6.45, 7) is 6.25.